The molecule has 0 bridgehead atoms. The SMILES string of the molecule is CCCn1ncc(Br)c1C(NC)C1CN(C)CCCN1C. The van der Waals surface area contributed by atoms with Crippen molar-refractivity contribution < 1.29 is 0 Å². The fourth-order valence-corrected chi connectivity index (χ4v) is 3.79. The van der Waals surface area contributed by atoms with Crippen LogP contribution in [0.4, 0.5) is 0 Å². The topological polar surface area (TPSA) is 36.3 Å². The van der Waals surface area contributed by atoms with Gasteiger partial charge in [0.25, 0.3) is 0 Å². The number of halogens is 1. The number of rotatable bonds is 5. The zero-order valence-corrected chi connectivity index (χ0v) is 15.2. The van der Waals surface area contributed by atoms with Crippen LogP contribution in [0.1, 0.15) is 31.5 Å². The van der Waals surface area contributed by atoms with Gasteiger partial charge in [0.1, 0.15) is 0 Å². The second-order valence-corrected chi connectivity index (χ2v) is 6.89. The Morgan fingerprint density at radius 2 is 2.19 bits per heavy atom. The van der Waals surface area contributed by atoms with Crippen molar-refractivity contribution in [3.63, 3.8) is 0 Å². The van der Waals surface area contributed by atoms with Crippen molar-refractivity contribution in [3.8, 4) is 0 Å². The van der Waals surface area contributed by atoms with Crippen LogP contribution in [0.3, 0.4) is 0 Å². The van der Waals surface area contributed by atoms with Crippen molar-refractivity contribution in [2.45, 2.75) is 38.4 Å². The van der Waals surface area contributed by atoms with Crippen molar-refractivity contribution in [2.75, 3.05) is 40.8 Å². The van der Waals surface area contributed by atoms with Crippen molar-refractivity contribution in [2.24, 2.45) is 0 Å². The van der Waals surface area contributed by atoms with Gasteiger partial charge in [-0.3, -0.25) is 4.68 Å². The number of nitrogens with one attached hydrogen (secondary N) is 1. The van der Waals surface area contributed by atoms with Crippen LogP contribution in [0.5, 0.6) is 0 Å². The van der Waals surface area contributed by atoms with Gasteiger partial charge in [-0.2, -0.15) is 5.10 Å². The molecule has 21 heavy (non-hydrogen) atoms. The third-order valence-electron chi connectivity index (χ3n) is 4.37. The van der Waals surface area contributed by atoms with Crippen LogP contribution in [0.2, 0.25) is 0 Å². The number of hydrogen-bond donors (Lipinski definition) is 1. The van der Waals surface area contributed by atoms with Crippen LogP contribution in [0, 0.1) is 0 Å². The molecule has 1 aromatic rings. The molecular weight excluding hydrogens is 330 g/mol. The normalized spacial score (nSPS) is 23.2. The van der Waals surface area contributed by atoms with Crippen molar-refractivity contribution in [1.29, 1.82) is 0 Å². The highest BCUT2D eigenvalue weighted by Gasteiger charge is 2.32. The van der Waals surface area contributed by atoms with E-state index in [0.717, 1.165) is 30.5 Å². The Hall–Kier alpha value is -0.430. The minimum absolute atomic E-state index is 0.277. The van der Waals surface area contributed by atoms with E-state index in [9.17, 15) is 0 Å². The van der Waals surface area contributed by atoms with E-state index in [1.54, 1.807) is 0 Å². The minimum atomic E-state index is 0.277. The molecule has 1 N–H and O–H groups in total. The van der Waals surface area contributed by atoms with Crippen LogP contribution >= 0.6 is 15.9 Å². The third-order valence-corrected chi connectivity index (χ3v) is 4.99. The number of hydrogen-bond acceptors (Lipinski definition) is 4. The maximum Gasteiger partial charge on any atom is 0.0712 e. The van der Waals surface area contributed by atoms with E-state index in [1.807, 2.05) is 6.20 Å². The molecular formula is C15H28BrN5. The zero-order chi connectivity index (χ0) is 15.4. The van der Waals surface area contributed by atoms with Crippen molar-refractivity contribution >= 4 is 15.9 Å². The van der Waals surface area contributed by atoms with E-state index in [1.165, 1.54) is 18.7 Å². The van der Waals surface area contributed by atoms with E-state index in [2.05, 4.69) is 68.9 Å². The summed E-state index contributed by atoms with van der Waals surface area (Å²) in [5, 5.41) is 8.07. The molecule has 2 atom stereocenters. The molecule has 0 aromatic carbocycles. The summed E-state index contributed by atoms with van der Waals surface area (Å²) in [7, 11) is 6.51. The lowest BCUT2D eigenvalue weighted by Crippen LogP contribution is -2.47. The minimum Gasteiger partial charge on any atom is -0.310 e. The molecule has 1 fully saturated rings. The Balaban J connectivity index is 2.31. The quantitative estimate of drug-likeness (QED) is 0.873. The third kappa shape index (κ3) is 3.86. The molecule has 5 nitrogen and oxygen atoms in total. The predicted molar refractivity (Wildman–Crippen MR) is 90.6 cm³/mol. The first kappa shape index (κ1) is 16.9. The molecule has 0 aliphatic carbocycles. The first-order valence-corrected chi connectivity index (χ1v) is 8.65. The van der Waals surface area contributed by atoms with E-state index < -0.39 is 0 Å². The number of aromatic nitrogens is 2. The lowest BCUT2D eigenvalue weighted by Gasteiger charge is -2.35. The van der Waals surface area contributed by atoms with E-state index in [0.29, 0.717) is 6.04 Å². The Morgan fingerprint density at radius 1 is 1.43 bits per heavy atom. The maximum atomic E-state index is 4.53. The zero-order valence-electron chi connectivity index (χ0n) is 13.6. The van der Waals surface area contributed by atoms with Gasteiger partial charge < -0.3 is 15.1 Å². The van der Waals surface area contributed by atoms with Crippen LogP contribution in [0.25, 0.3) is 0 Å². The molecule has 0 spiro atoms. The molecule has 1 saturated heterocycles. The Morgan fingerprint density at radius 3 is 2.86 bits per heavy atom. The van der Waals surface area contributed by atoms with Crippen LogP contribution < -0.4 is 5.32 Å². The second kappa shape index (κ2) is 7.72. The monoisotopic (exact) mass is 357 g/mol. The van der Waals surface area contributed by atoms with Crippen molar-refractivity contribution in [3.05, 3.63) is 16.4 Å². The average Bonchev–Trinajstić information content (AvgIpc) is 2.71. The standard InChI is InChI=1S/C15H28BrN5/c1-5-7-21-15(12(16)10-18-21)14(17-2)13-11-19(3)8-6-9-20(13)4/h10,13-14,17H,5-9,11H2,1-4H3. The fraction of sp³-hybridized carbons (Fsp3) is 0.800. The number of nitrogens with zero attached hydrogens (tertiary/aromatic N) is 4. The fourth-order valence-electron chi connectivity index (χ4n) is 3.25. The summed E-state index contributed by atoms with van der Waals surface area (Å²) in [6, 6.07) is 0.727. The largest absolute Gasteiger partial charge is 0.310 e. The summed E-state index contributed by atoms with van der Waals surface area (Å²) in [5.74, 6) is 0. The van der Waals surface area contributed by atoms with Gasteiger partial charge in [0.15, 0.2) is 0 Å². The Kier molecular flexibility index (Phi) is 6.22. The van der Waals surface area contributed by atoms with Gasteiger partial charge in [0.05, 0.1) is 22.4 Å². The summed E-state index contributed by atoms with van der Waals surface area (Å²) in [5.41, 5.74) is 1.27. The van der Waals surface area contributed by atoms with Gasteiger partial charge in [-0.1, -0.05) is 6.92 Å². The van der Waals surface area contributed by atoms with Crippen LogP contribution in [-0.2, 0) is 6.54 Å². The van der Waals surface area contributed by atoms with Gasteiger partial charge in [-0.05, 0) is 63.0 Å². The summed E-state index contributed by atoms with van der Waals surface area (Å²) in [6.45, 7) is 6.55. The van der Waals surface area contributed by atoms with Crippen LogP contribution in [-0.4, -0.2) is 66.4 Å². The highest BCUT2D eigenvalue weighted by molar-refractivity contribution is 9.10. The highest BCUT2D eigenvalue weighted by Crippen LogP contribution is 2.29. The van der Waals surface area contributed by atoms with Gasteiger partial charge in [0, 0.05) is 19.1 Å². The lowest BCUT2D eigenvalue weighted by molar-refractivity contribution is 0.177. The number of aryl methyl sites for hydroxylation is 1. The summed E-state index contributed by atoms with van der Waals surface area (Å²) >= 11 is 3.69. The van der Waals surface area contributed by atoms with Gasteiger partial charge in [-0.15, -0.1) is 0 Å². The summed E-state index contributed by atoms with van der Waals surface area (Å²) in [6.07, 6.45) is 4.25. The lowest BCUT2D eigenvalue weighted by atomic mass is 10.0. The smallest absolute Gasteiger partial charge is 0.0712 e. The molecule has 0 amide bonds. The molecule has 6 heteroatoms. The molecule has 0 radical (unpaired) electrons. The molecule has 120 valence electrons. The predicted octanol–water partition coefficient (Wildman–Crippen LogP) is 1.95. The first-order chi connectivity index (χ1) is 10.1. The van der Waals surface area contributed by atoms with Gasteiger partial charge >= 0.3 is 0 Å². The molecule has 0 saturated carbocycles. The van der Waals surface area contributed by atoms with E-state index >= 15 is 0 Å². The average molecular weight is 358 g/mol. The molecule has 2 rings (SSSR count). The Bertz CT molecular complexity index is 447. The Labute approximate surface area is 136 Å². The first-order valence-electron chi connectivity index (χ1n) is 7.85. The number of likely N-dealkylation sites (N-methyl/N-ethyl adjacent to an activating group) is 3. The maximum absolute atomic E-state index is 4.53. The molecule has 2 unspecified atom stereocenters. The van der Waals surface area contributed by atoms with E-state index in [4.69, 9.17) is 0 Å². The van der Waals surface area contributed by atoms with Gasteiger partial charge in [0.2, 0.25) is 0 Å². The van der Waals surface area contributed by atoms with Crippen molar-refractivity contribution in [1.82, 2.24) is 24.9 Å². The second-order valence-electron chi connectivity index (χ2n) is 6.03. The molecule has 2 heterocycles. The van der Waals surface area contributed by atoms with Gasteiger partial charge in [-0.25, -0.2) is 0 Å². The molecule has 1 aliphatic heterocycles. The molecule has 1 aromatic heterocycles. The molecule has 1 aliphatic rings. The summed E-state index contributed by atoms with van der Waals surface area (Å²) in [4.78, 5) is 4.92. The highest BCUT2D eigenvalue weighted by atomic mass is 79.9. The van der Waals surface area contributed by atoms with Crippen LogP contribution in [0.15, 0.2) is 10.7 Å². The van der Waals surface area contributed by atoms with E-state index in [-0.39, 0.29) is 6.04 Å². The summed E-state index contributed by atoms with van der Waals surface area (Å²) < 4.78 is 3.25.